The molecule has 0 aliphatic heterocycles. The Bertz CT molecular complexity index is 2770. The highest BCUT2D eigenvalue weighted by atomic mass is 32.1. The largest absolute Gasteiger partial charge is 0.278 e. The van der Waals surface area contributed by atoms with Gasteiger partial charge in [0.15, 0.2) is 0 Å². The van der Waals surface area contributed by atoms with Crippen LogP contribution >= 0.6 is 11.3 Å². The van der Waals surface area contributed by atoms with Crippen molar-refractivity contribution in [3.05, 3.63) is 140 Å². The summed E-state index contributed by atoms with van der Waals surface area (Å²) >= 11 is 1.90. The maximum atomic E-state index is 5.30. The summed E-state index contributed by atoms with van der Waals surface area (Å²) in [5.41, 5.74) is 5.17. The fourth-order valence-corrected chi connectivity index (χ4v) is 8.42. The number of aromatic nitrogens is 3. The lowest BCUT2D eigenvalue weighted by Crippen LogP contribution is -2.03. The lowest BCUT2D eigenvalue weighted by Gasteiger charge is -2.12. The summed E-state index contributed by atoms with van der Waals surface area (Å²) in [6.45, 7) is 0. The molecule has 0 aliphatic rings. The Morgan fingerprint density at radius 2 is 1.09 bits per heavy atom. The Balaban J connectivity index is 1.42. The van der Waals surface area contributed by atoms with Gasteiger partial charge in [-0.05, 0) is 40.4 Å². The van der Waals surface area contributed by atoms with Gasteiger partial charge in [0, 0.05) is 47.3 Å². The van der Waals surface area contributed by atoms with E-state index in [0.717, 1.165) is 33.2 Å². The highest BCUT2D eigenvalue weighted by molar-refractivity contribution is 7.27. The van der Waals surface area contributed by atoms with E-state index in [1.54, 1.807) is 0 Å². The zero-order chi connectivity index (χ0) is 28.8. The molecule has 0 bridgehead atoms. The molecule has 4 heteroatoms. The van der Waals surface area contributed by atoms with Gasteiger partial charge in [-0.15, -0.1) is 11.3 Å². The Morgan fingerprint density at radius 3 is 1.95 bits per heavy atom. The highest BCUT2D eigenvalue weighted by Crippen LogP contribution is 2.48. The monoisotopic (exact) mass is 577 g/mol. The molecular weight excluding hydrogens is 555 g/mol. The fourth-order valence-electron chi connectivity index (χ4n) is 7.14. The van der Waals surface area contributed by atoms with E-state index in [1.807, 2.05) is 17.4 Å². The van der Waals surface area contributed by atoms with Crippen molar-refractivity contribution in [1.29, 1.82) is 0 Å². The van der Waals surface area contributed by atoms with Crippen LogP contribution in [0.4, 0.5) is 0 Å². The Labute approximate surface area is 256 Å². The topological polar surface area (TPSA) is 30.7 Å². The molecule has 3 heterocycles. The van der Waals surface area contributed by atoms with Crippen molar-refractivity contribution in [3.8, 4) is 17.2 Å². The zero-order valence-electron chi connectivity index (χ0n) is 23.5. The van der Waals surface area contributed by atoms with E-state index in [0.29, 0.717) is 5.95 Å². The van der Waals surface area contributed by atoms with E-state index >= 15 is 0 Å². The average Bonchev–Trinajstić information content (AvgIpc) is 3.65. The van der Waals surface area contributed by atoms with Gasteiger partial charge >= 0.3 is 0 Å². The molecule has 0 unspecified atom stereocenters. The first-order valence-electron chi connectivity index (χ1n) is 14.9. The van der Waals surface area contributed by atoms with E-state index in [1.165, 1.54) is 52.5 Å². The molecule has 0 spiro atoms. The fraction of sp³-hybridized carbons (Fsp3) is 0. The van der Waals surface area contributed by atoms with Gasteiger partial charge in [0.05, 0.1) is 22.2 Å². The van der Waals surface area contributed by atoms with Crippen molar-refractivity contribution < 1.29 is 0 Å². The van der Waals surface area contributed by atoms with E-state index in [9.17, 15) is 0 Å². The lowest BCUT2D eigenvalue weighted by molar-refractivity contribution is 1.01. The molecule has 3 nitrogen and oxygen atoms in total. The summed E-state index contributed by atoms with van der Waals surface area (Å²) in [5.74, 6) is 0.682. The van der Waals surface area contributed by atoms with E-state index in [4.69, 9.17) is 9.97 Å². The first-order chi connectivity index (χ1) is 21.8. The Kier molecular flexibility index (Phi) is 4.87. The maximum Gasteiger partial charge on any atom is 0.235 e. The van der Waals surface area contributed by atoms with Crippen LogP contribution in [0.2, 0.25) is 0 Å². The normalized spacial score (nSPS) is 12.1. The molecule has 44 heavy (non-hydrogen) atoms. The highest BCUT2D eigenvalue weighted by Gasteiger charge is 2.22. The first kappa shape index (κ1) is 23.9. The molecule has 10 aromatic rings. The first-order valence-corrected chi connectivity index (χ1v) is 15.7. The van der Waals surface area contributed by atoms with Crippen LogP contribution in [0, 0.1) is 0 Å². The molecule has 0 saturated carbocycles. The summed E-state index contributed by atoms with van der Waals surface area (Å²) in [7, 11) is 0. The third-order valence-corrected chi connectivity index (χ3v) is 10.2. The second-order valence-corrected chi connectivity index (χ2v) is 12.4. The summed E-state index contributed by atoms with van der Waals surface area (Å²) in [6, 6.07) is 49.7. The van der Waals surface area contributed by atoms with Crippen LogP contribution in [0.5, 0.6) is 0 Å². The van der Waals surface area contributed by atoms with Gasteiger partial charge in [0.1, 0.15) is 0 Å². The van der Waals surface area contributed by atoms with Gasteiger partial charge in [0.2, 0.25) is 5.95 Å². The molecule has 0 atom stereocenters. The number of thiophene rings is 1. The third kappa shape index (κ3) is 3.20. The van der Waals surface area contributed by atoms with Crippen molar-refractivity contribution in [2.24, 2.45) is 0 Å². The zero-order valence-corrected chi connectivity index (χ0v) is 24.3. The molecule has 0 aliphatic carbocycles. The Morgan fingerprint density at radius 1 is 0.432 bits per heavy atom. The number of benzene rings is 7. The summed E-state index contributed by atoms with van der Waals surface area (Å²) in [5, 5.41) is 11.3. The lowest BCUT2D eigenvalue weighted by atomic mass is 9.94. The standard InChI is InChI=1S/C40H23N3S/c1-2-12-24(13-3-1)38-28-16-6-9-19-31(28)41-40(42-38)43-32-20-10-7-17-29(32)36-33(43)23-22-27-25-14-4-5-15-26(25)35-30-18-8-11-21-34(30)44-39(35)37(27)36/h1-23H. The van der Waals surface area contributed by atoms with Crippen LogP contribution in [-0.4, -0.2) is 14.5 Å². The van der Waals surface area contributed by atoms with Gasteiger partial charge in [-0.2, -0.15) is 0 Å². The van der Waals surface area contributed by atoms with Crippen LogP contribution in [0.3, 0.4) is 0 Å². The number of rotatable bonds is 2. The second kappa shape index (κ2) is 8.96. The molecule has 0 N–H and O–H groups in total. The Hall–Kier alpha value is -5.58. The number of para-hydroxylation sites is 2. The van der Waals surface area contributed by atoms with Crippen LogP contribution in [-0.2, 0) is 0 Å². The average molecular weight is 578 g/mol. The summed E-state index contributed by atoms with van der Waals surface area (Å²) in [6.07, 6.45) is 0. The van der Waals surface area contributed by atoms with E-state index < -0.39 is 0 Å². The molecule has 7 aromatic carbocycles. The van der Waals surface area contributed by atoms with Gasteiger partial charge in [-0.25, -0.2) is 9.97 Å². The van der Waals surface area contributed by atoms with E-state index in [-0.39, 0.29) is 0 Å². The molecule has 3 aromatic heterocycles. The van der Waals surface area contributed by atoms with Crippen molar-refractivity contribution in [2.45, 2.75) is 0 Å². The molecule has 10 rings (SSSR count). The number of fused-ring (bicyclic) bond motifs is 13. The van der Waals surface area contributed by atoms with Crippen molar-refractivity contribution in [3.63, 3.8) is 0 Å². The van der Waals surface area contributed by atoms with Crippen molar-refractivity contribution in [1.82, 2.24) is 14.5 Å². The van der Waals surface area contributed by atoms with Gasteiger partial charge in [-0.1, -0.05) is 115 Å². The predicted octanol–water partition coefficient (Wildman–Crippen LogP) is 11.1. The molecule has 0 saturated heterocycles. The molecule has 0 fully saturated rings. The maximum absolute atomic E-state index is 5.30. The molecule has 0 radical (unpaired) electrons. The number of hydrogen-bond acceptors (Lipinski definition) is 3. The van der Waals surface area contributed by atoms with E-state index in [2.05, 4.69) is 138 Å². The van der Waals surface area contributed by atoms with Gasteiger partial charge < -0.3 is 0 Å². The summed E-state index contributed by atoms with van der Waals surface area (Å²) in [4.78, 5) is 10.5. The van der Waals surface area contributed by atoms with Gasteiger partial charge in [-0.3, -0.25) is 4.57 Å². The second-order valence-electron chi connectivity index (χ2n) is 11.3. The molecule has 204 valence electrons. The van der Waals surface area contributed by atoms with Crippen molar-refractivity contribution >= 4 is 85.8 Å². The number of hydrogen-bond donors (Lipinski definition) is 0. The predicted molar refractivity (Wildman–Crippen MR) is 187 cm³/mol. The minimum Gasteiger partial charge on any atom is -0.278 e. The van der Waals surface area contributed by atoms with Crippen LogP contribution in [0.15, 0.2) is 140 Å². The smallest absolute Gasteiger partial charge is 0.235 e. The minimum absolute atomic E-state index is 0.682. The van der Waals surface area contributed by atoms with Crippen LogP contribution in [0.1, 0.15) is 0 Å². The quantitative estimate of drug-likeness (QED) is 0.191. The third-order valence-electron chi connectivity index (χ3n) is 8.99. The van der Waals surface area contributed by atoms with Crippen LogP contribution < -0.4 is 0 Å². The van der Waals surface area contributed by atoms with Crippen molar-refractivity contribution in [2.75, 3.05) is 0 Å². The SMILES string of the molecule is c1ccc(-c2nc(-n3c4ccccc4c4c5c(ccc43)c3ccccc3c3c4ccccc4sc35)nc3ccccc23)cc1. The molecular formula is C40H23N3S. The summed E-state index contributed by atoms with van der Waals surface area (Å²) < 4.78 is 4.90. The minimum atomic E-state index is 0.682. The molecule has 0 amide bonds. The number of nitrogens with zero attached hydrogens (tertiary/aromatic N) is 3. The van der Waals surface area contributed by atoms with Gasteiger partial charge in [0.25, 0.3) is 0 Å². The van der Waals surface area contributed by atoms with Crippen LogP contribution in [0.25, 0.3) is 91.6 Å².